The number of hydrogen-bond acceptors (Lipinski definition) is 7. The smallest absolute Gasteiger partial charge is 0.475 e. The van der Waals surface area contributed by atoms with Crippen LogP contribution >= 0.6 is 11.6 Å². The van der Waals surface area contributed by atoms with Gasteiger partial charge in [0.2, 0.25) is 0 Å². The molecule has 0 aromatic carbocycles. The predicted molar refractivity (Wildman–Crippen MR) is 107 cm³/mol. The molecule has 1 saturated heterocycles. The average molecular weight is 455 g/mol. The summed E-state index contributed by atoms with van der Waals surface area (Å²) in [5.74, 6) is -2.03. The van der Waals surface area contributed by atoms with Crippen molar-refractivity contribution >= 4 is 35.1 Å². The zero-order valence-corrected chi connectivity index (χ0v) is 17.6. The summed E-state index contributed by atoms with van der Waals surface area (Å²) in [5.41, 5.74) is 6.03. The first-order valence-corrected chi connectivity index (χ1v) is 9.56. The number of carbonyl (C=O) groups excluding carboxylic acids is 1. The van der Waals surface area contributed by atoms with Crippen molar-refractivity contribution in [3.8, 4) is 0 Å². The first-order valence-electron chi connectivity index (χ1n) is 9.18. The van der Waals surface area contributed by atoms with Gasteiger partial charge in [-0.05, 0) is 31.8 Å². The van der Waals surface area contributed by atoms with E-state index >= 15 is 0 Å². The zero-order chi connectivity index (χ0) is 23.1. The van der Waals surface area contributed by atoms with Crippen molar-refractivity contribution in [2.75, 3.05) is 37.3 Å². The number of carboxylic acid groups (broad SMARTS) is 1. The highest BCUT2D eigenvalue weighted by molar-refractivity contribution is 6.32. The number of alkyl halides is 3. The van der Waals surface area contributed by atoms with E-state index in [1.807, 2.05) is 11.9 Å². The fourth-order valence-electron chi connectivity index (χ4n) is 2.68. The lowest BCUT2D eigenvalue weighted by atomic mass is 10.1. The van der Waals surface area contributed by atoms with Gasteiger partial charge in [-0.15, -0.1) is 0 Å². The van der Waals surface area contributed by atoms with Gasteiger partial charge in [0.15, 0.2) is 22.5 Å². The number of anilines is 2. The maximum absolute atomic E-state index is 12.4. The number of nitrogens with zero attached hydrogens (tertiary/aromatic N) is 3. The van der Waals surface area contributed by atoms with Gasteiger partial charge in [-0.3, -0.25) is 4.79 Å². The fourth-order valence-corrected chi connectivity index (χ4v) is 2.95. The second kappa shape index (κ2) is 11.2. The van der Waals surface area contributed by atoms with E-state index in [-0.39, 0.29) is 28.6 Å². The van der Waals surface area contributed by atoms with Crippen LogP contribution in [-0.2, 0) is 4.79 Å². The lowest BCUT2D eigenvalue weighted by Crippen LogP contribution is -2.43. The van der Waals surface area contributed by atoms with Crippen molar-refractivity contribution in [2.24, 2.45) is 5.92 Å². The van der Waals surface area contributed by atoms with E-state index in [1.54, 1.807) is 0 Å². The van der Waals surface area contributed by atoms with E-state index in [0.29, 0.717) is 11.7 Å². The molecule has 170 valence electrons. The number of nitrogen functional groups attached to an aromatic ring is 1. The third kappa shape index (κ3) is 8.19. The van der Waals surface area contributed by atoms with E-state index in [2.05, 4.69) is 34.4 Å². The van der Waals surface area contributed by atoms with Crippen LogP contribution in [0.3, 0.4) is 0 Å². The van der Waals surface area contributed by atoms with Crippen LogP contribution in [0.5, 0.6) is 0 Å². The minimum absolute atomic E-state index is 0.0928. The maximum atomic E-state index is 12.4. The second-order valence-electron chi connectivity index (χ2n) is 7.15. The van der Waals surface area contributed by atoms with Crippen LogP contribution in [0.15, 0.2) is 0 Å². The molecule has 1 amide bonds. The number of carbonyl (C=O) groups is 2. The van der Waals surface area contributed by atoms with Crippen molar-refractivity contribution in [2.45, 2.75) is 38.9 Å². The molecule has 0 saturated carbocycles. The highest BCUT2D eigenvalue weighted by Crippen LogP contribution is 2.24. The van der Waals surface area contributed by atoms with Gasteiger partial charge in [-0.25, -0.2) is 14.8 Å². The fraction of sp³-hybridized carbons (Fsp3) is 0.647. The molecule has 0 bridgehead atoms. The number of halogens is 4. The second-order valence-corrected chi connectivity index (χ2v) is 7.50. The molecule has 30 heavy (non-hydrogen) atoms. The average Bonchev–Trinajstić information content (AvgIpc) is 2.63. The SMILES string of the molecule is CC(C)CN(C)c1nc(N)c(C(=O)NC2CCNCC2)nc1Cl.O=C(O)C(F)(F)F. The van der Waals surface area contributed by atoms with Crippen molar-refractivity contribution in [1.29, 1.82) is 0 Å². The summed E-state index contributed by atoms with van der Waals surface area (Å²) in [4.78, 5) is 31.6. The summed E-state index contributed by atoms with van der Waals surface area (Å²) in [6, 6.07) is 0.131. The first kappa shape index (κ1) is 25.7. The number of carboxylic acids is 1. The Bertz CT molecular complexity index is 742. The summed E-state index contributed by atoms with van der Waals surface area (Å²) < 4.78 is 31.7. The van der Waals surface area contributed by atoms with Gasteiger partial charge < -0.3 is 26.4 Å². The third-order valence-corrected chi connectivity index (χ3v) is 4.25. The largest absolute Gasteiger partial charge is 0.490 e. The lowest BCUT2D eigenvalue weighted by molar-refractivity contribution is -0.192. The molecular formula is C17H26ClF3N6O3. The van der Waals surface area contributed by atoms with Crippen molar-refractivity contribution < 1.29 is 27.9 Å². The Kier molecular flexibility index (Phi) is 9.56. The molecule has 2 rings (SSSR count). The molecule has 1 fully saturated rings. The number of nitrogens with two attached hydrogens (primary N) is 1. The number of aliphatic carboxylic acids is 1. The number of nitrogens with one attached hydrogen (secondary N) is 2. The number of rotatable bonds is 5. The quantitative estimate of drug-likeness (QED) is 0.530. The Morgan fingerprint density at radius 3 is 2.33 bits per heavy atom. The van der Waals surface area contributed by atoms with Crippen LogP contribution in [0.2, 0.25) is 5.15 Å². The van der Waals surface area contributed by atoms with Gasteiger partial charge in [-0.1, -0.05) is 25.4 Å². The van der Waals surface area contributed by atoms with E-state index in [4.69, 9.17) is 27.2 Å². The molecule has 1 aromatic heterocycles. The Labute approximate surface area is 177 Å². The van der Waals surface area contributed by atoms with Gasteiger partial charge in [0.1, 0.15) is 0 Å². The van der Waals surface area contributed by atoms with Crippen LogP contribution in [0.25, 0.3) is 0 Å². The van der Waals surface area contributed by atoms with Crippen LogP contribution in [0.1, 0.15) is 37.2 Å². The van der Waals surface area contributed by atoms with Gasteiger partial charge in [-0.2, -0.15) is 13.2 Å². The molecule has 0 atom stereocenters. The summed E-state index contributed by atoms with van der Waals surface area (Å²) in [6.45, 7) is 6.76. The third-order valence-electron chi connectivity index (χ3n) is 4.00. The Hall–Kier alpha value is -2.34. The monoisotopic (exact) mass is 454 g/mol. The lowest BCUT2D eigenvalue weighted by Gasteiger charge is -2.24. The molecular weight excluding hydrogens is 429 g/mol. The van der Waals surface area contributed by atoms with Crippen molar-refractivity contribution in [3.63, 3.8) is 0 Å². The molecule has 9 nitrogen and oxygen atoms in total. The van der Waals surface area contributed by atoms with Crippen LogP contribution in [0, 0.1) is 5.92 Å². The molecule has 2 heterocycles. The molecule has 0 radical (unpaired) electrons. The zero-order valence-electron chi connectivity index (χ0n) is 16.9. The normalized spacial score (nSPS) is 14.7. The number of amides is 1. The molecule has 0 aliphatic carbocycles. The van der Waals surface area contributed by atoms with Crippen LogP contribution in [0.4, 0.5) is 24.8 Å². The topological polar surface area (TPSA) is 133 Å². The summed E-state index contributed by atoms with van der Waals surface area (Å²) >= 11 is 6.21. The van der Waals surface area contributed by atoms with Crippen molar-refractivity contribution in [3.05, 3.63) is 10.8 Å². The molecule has 0 spiro atoms. The molecule has 5 N–H and O–H groups in total. The summed E-state index contributed by atoms with van der Waals surface area (Å²) in [5, 5.41) is 13.5. The molecule has 1 aliphatic rings. The van der Waals surface area contributed by atoms with Gasteiger partial charge in [0, 0.05) is 19.6 Å². The number of piperidine rings is 1. The highest BCUT2D eigenvalue weighted by Gasteiger charge is 2.38. The minimum Gasteiger partial charge on any atom is -0.475 e. The molecule has 1 aromatic rings. The van der Waals surface area contributed by atoms with Crippen molar-refractivity contribution in [1.82, 2.24) is 20.6 Å². The molecule has 13 heteroatoms. The highest BCUT2D eigenvalue weighted by atomic mass is 35.5. The summed E-state index contributed by atoms with van der Waals surface area (Å²) in [6.07, 6.45) is -3.30. The van der Waals surface area contributed by atoms with Gasteiger partial charge in [0.25, 0.3) is 5.91 Å². The first-order chi connectivity index (χ1) is 13.8. The molecule has 0 unspecified atom stereocenters. The van der Waals surface area contributed by atoms with E-state index < -0.39 is 12.1 Å². The van der Waals surface area contributed by atoms with Crippen LogP contribution < -0.4 is 21.3 Å². The number of aromatic nitrogens is 2. The summed E-state index contributed by atoms with van der Waals surface area (Å²) in [7, 11) is 1.88. The van der Waals surface area contributed by atoms with Crippen LogP contribution in [-0.4, -0.2) is 65.9 Å². The maximum Gasteiger partial charge on any atom is 0.490 e. The predicted octanol–water partition coefficient (Wildman–Crippen LogP) is 1.92. The van der Waals surface area contributed by atoms with E-state index in [0.717, 1.165) is 32.5 Å². The van der Waals surface area contributed by atoms with E-state index in [1.165, 1.54) is 0 Å². The number of hydrogen-bond donors (Lipinski definition) is 4. The van der Waals surface area contributed by atoms with E-state index in [9.17, 15) is 18.0 Å². The Morgan fingerprint density at radius 2 is 1.87 bits per heavy atom. The standard InChI is InChI=1S/C15H25ClN6O.C2HF3O2/c1-9(2)8-22(3)14-12(16)20-11(13(17)21-14)15(23)19-10-4-6-18-7-5-10;3-2(4,5)1(6)7/h9-10,18H,4-8H2,1-3H3,(H2,17,21)(H,19,23);(H,6,7). The van der Waals surface area contributed by atoms with Gasteiger partial charge in [0.05, 0.1) is 0 Å². The van der Waals surface area contributed by atoms with Gasteiger partial charge >= 0.3 is 12.1 Å². The molecule has 1 aliphatic heterocycles. The minimum atomic E-state index is -5.08. The Balaban J connectivity index is 0.000000553. The Morgan fingerprint density at radius 1 is 1.33 bits per heavy atom.